The van der Waals surface area contributed by atoms with Gasteiger partial charge < -0.3 is 9.47 Å². The predicted octanol–water partition coefficient (Wildman–Crippen LogP) is 4.71. The molecule has 2 aromatic rings. The molecule has 0 saturated carbocycles. The van der Waals surface area contributed by atoms with Gasteiger partial charge in [-0.15, -0.1) is 0 Å². The van der Waals surface area contributed by atoms with E-state index in [1.165, 1.54) is 43.5 Å². The number of rotatable bonds is 4. The molecule has 114 valence electrons. The lowest BCUT2D eigenvalue weighted by molar-refractivity contribution is -0.134. The average molecular weight is 369 g/mol. The Bertz CT molecular complexity index is 729. The van der Waals surface area contributed by atoms with Crippen LogP contribution in [-0.4, -0.2) is 13.1 Å². The first-order valence-electron chi connectivity index (χ1n) is 6.18. The summed E-state index contributed by atoms with van der Waals surface area (Å²) < 4.78 is 37.4. The molecule has 0 amide bonds. The number of methoxy groups -OCH3 is 1. The van der Waals surface area contributed by atoms with E-state index in [-0.39, 0.29) is 11.5 Å². The zero-order valence-corrected chi connectivity index (χ0v) is 13.1. The molecule has 0 aliphatic carbocycles. The minimum Gasteiger partial charge on any atom is -0.466 e. The Morgan fingerprint density at radius 2 is 1.91 bits per heavy atom. The van der Waals surface area contributed by atoms with E-state index in [0.717, 1.165) is 6.07 Å². The van der Waals surface area contributed by atoms with E-state index in [4.69, 9.17) is 4.74 Å². The van der Waals surface area contributed by atoms with E-state index in [9.17, 15) is 13.6 Å². The van der Waals surface area contributed by atoms with Crippen molar-refractivity contribution in [2.24, 2.45) is 0 Å². The fourth-order valence-electron chi connectivity index (χ4n) is 1.60. The van der Waals surface area contributed by atoms with Crippen molar-refractivity contribution < 1.29 is 23.0 Å². The smallest absolute Gasteiger partial charge is 0.330 e. The monoisotopic (exact) mass is 368 g/mol. The molecule has 0 heterocycles. The van der Waals surface area contributed by atoms with Crippen molar-refractivity contribution in [2.75, 3.05) is 7.11 Å². The second-order valence-electron chi connectivity index (χ2n) is 4.22. The zero-order valence-electron chi connectivity index (χ0n) is 11.5. The molecule has 22 heavy (non-hydrogen) atoms. The summed E-state index contributed by atoms with van der Waals surface area (Å²) in [5.74, 6) is -1.54. The van der Waals surface area contributed by atoms with Crippen molar-refractivity contribution in [1.29, 1.82) is 0 Å². The number of ether oxygens (including phenoxy) is 2. The Morgan fingerprint density at radius 1 is 1.14 bits per heavy atom. The normalized spacial score (nSPS) is 10.7. The van der Waals surface area contributed by atoms with E-state index in [0.29, 0.717) is 10.0 Å². The van der Waals surface area contributed by atoms with Crippen molar-refractivity contribution in [3.05, 3.63) is 64.1 Å². The number of esters is 1. The zero-order chi connectivity index (χ0) is 16.1. The van der Waals surface area contributed by atoms with Crippen LogP contribution in [0.25, 0.3) is 6.08 Å². The van der Waals surface area contributed by atoms with Gasteiger partial charge >= 0.3 is 5.97 Å². The molecular formula is C16H11BrF2O3. The van der Waals surface area contributed by atoms with Gasteiger partial charge in [0.1, 0.15) is 11.6 Å². The van der Waals surface area contributed by atoms with Crippen LogP contribution in [0.4, 0.5) is 8.78 Å². The van der Waals surface area contributed by atoms with Gasteiger partial charge in [0.05, 0.1) is 11.6 Å². The number of benzene rings is 2. The molecule has 0 fully saturated rings. The molecule has 0 N–H and O–H groups in total. The maximum absolute atomic E-state index is 13.9. The Hall–Kier alpha value is -2.21. The van der Waals surface area contributed by atoms with Crippen LogP contribution >= 0.6 is 15.9 Å². The lowest BCUT2D eigenvalue weighted by atomic mass is 10.2. The Labute approximate surface area is 134 Å². The molecule has 0 saturated heterocycles. The standard InChI is InChI=1S/C16H11BrF2O3/c1-21-16(20)7-3-10-2-6-15(14(19)8-10)22-11-4-5-12(17)13(18)9-11/h2-9H,1H3/b7-3+. The summed E-state index contributed by atoms with van der Waals surface area (Å²) in [5.41, 5.74) is 0.470. The summed E-state index contributed by atoms with van der Waals surface area (Å²) in [6.07, 6.45) is 2.59. The molecule has 2 aromatic carbocycles. The molecule has 0 aliphatic rings. The van der Waals surface area contributed by atoms with Crippen molar-refractivity contribution in [3.63, 3.8) is 0 Å². The molecule has 0 spiro atoms. The molecule has 3 nitrogen and oxygen atoms in total. The van der Waals surface area contributed by atoms with Crippen molar-refractivity contribution in [1.82, 2.24) is 0 Å². The highest BCUT2D eigenvalue weighted by Crippen LogP contribution is 2.28. The second kappa shape index (κ2) is 7.17. The van der Waals surface area contributed by atoms with E-state index in [1.807, 2.05) is 0 Å². The number of carbonyl (C=O) groups is 1. The van der Waals surface area contributed by atoms with Gasteiger partial charge in [0.25, 0.3) is 0 Å². The molecular weight excluding hydrogens is 358 g/mol. The van der Waals surface area contributed by atoms with Crippen molar-refractivity contribution in [3.8, 4) is 11.5 Å². The van der Waals surface area contributed by atoms with Crippen LogP contribution in [0, 0.1) is 11.6 Å². The summed E-state index contributed by atoms with van der Waals surface area (Å²) in [6, 6.07) is 8.28. The predicted molar refractivity (Wildman–Crippen MR) is 81.6 cm³/mol. The Kier molecular flexibility index (Phi) is 5.27. The average Bonchev–Trinajstić information content (AvgIpc) is 2.51. The SMILES string of the molecule is COC(=O)/C=C/c1ccc(Oc2ccc(Br)c(F)c2)c(F)c1. The highest BCUT2D eigenvalue weighted by Gasteiger charge is 2.07. The van der Waals surface area contributed by atoms with Crippen molar-refractivity contribution >= 4 is 28.0 Å². The largest absolute Gasteiger partial charge is 0.466 e. The quantitative estimate of drug-likeness (QED) is 0.579. The molecule has 0 radical (unpaired) electrons. The summed E-state index contributed by atoms with van der Waals surface area (Å²) in [7, 11) is 1.25. The Balaban J connectivity index is 2.17. The van der Waals surface area contributed by atoms with Crippen LogP contribution in [-0.2, 0) is 9.53 Å². The van der Waals surface area contributed by atoms with Crippen LogP contribution in [0.5, 0.6) is 11.5 Å². The van der Waals surface area contributed by atoms with Gasteiger partial charge in [-0.2, -0.15) is 0 Å². The van der Waals surface area contributed by atoms with E-state index in [1.54, 1.807) is 6.07 Å². The molecule has 2 rings (SSSR count). The number of carbonyl (C=O) groups excluding carboxylic acids is 1. The van der Waals surface area contributed by atoms with Crippen molar-refractivity contribution in [2.45, 2.75) is 0 Å². The topological polar surface area (TPSA) is 35.5 Å². The third-order valence-electron chi connectivity index (χ3n) is 2.69. The van der Waals surface area contributed by atoms with Crippen LogP contribution in [0.15, 0.2) is 46.9 Å². The maximum Gasteiger partial charge on any atom is 0.330 e. The van der Waals surface area contributed by atoms with Crippen LogP contribution < -0.4 is 4.74 Å². The summed E-state index contributed by atoms with van der Waals surface area (Å²) >= 11 is 3.02. The minimum absolute atomic E-state index is 0.0445. The van der Waals surface area contributed by atoms with Gasteiger partial charge in [-0.25, -0.2) is 13.6 Å². The highest BCUT2D eigenvalue weighted by atomic mass is 79.9. The molecule has 0 aliphatic heterocycles. The van der Waals surface area contributed by atoms with Gasteiger partial charge in [-0.3, -0.25) is 0 Å². The maximum atomic E-state index is 13.9. The Morgan fingerprint density at radius 3 is 2.55 bits per heavy atom. The third-order valence-corrected chi connectivity index (χ3v) is 3.33. The lowest BCUT2D eigenvalue weighted by Crippen LogP contribution is -1.94. The van der Waals surface area contributed by atoms with E-state index >= 15 is 0 Å². The lowest BCUT2D eigenvalue weighted by Gasteiger charge is -2.08. The van der Waals surface area contributed by atoms with Gasteiger partial charge in [0, 0.05) is 12.1 Å². The summed E-state index contributed by atoms with van der Waals surface area (Å²) in [6.45, 7) is 0. The first kappa shape index (κ1) is 16.2. The summed E-state index contributed by atoms with van der Waals surface area (Å²) in [4.78, 5) is 11.0. The molecule has 0 unspecified atom stereocenters. The van der Waals surface area contributed by atoms with E-state index < -0.39 is 17.6 Å². The fraction of sp³-hybridized carbons (Fsp3) is 0.0625. The first-order chi connectivity index (χ1) is 10.5. The van der Waals surface area contributed by atoms with Gasteiger partial charge in [0.2, 0.25) is 0 Å². The first-order valence-corrected chi connectivity index (χ1v) is 6.97. The van der Waals surface area contributed by atoms with Gasteiger partial charge in [-0.05, 0) is 51.8 Å². The van der Waals surface area contributed by atoms with Gasteiger partial charge in [-0.1, -0.05) is 6.07 Å². The fourth-order valence-corrected chi connectivity index (χ4v) is 1.85. The number of halogens is 3. The number of hydrogen-bond donors (Lipinski definition) is 0. The molecule has 0 bridgehead atoms. The van der Waals surface area contributed by atoms with Crippen LogP contribution in [0.1, 0.15) is 5.56 Å². The number of hydrogen-bond acceptors (Lipinski definition) is 3. The van der Waals surface area contributed by atoms with Crippen LogP contribution in [0.3, 0.4) is 0 Å². The van der Waals surface area contributed by atoms with Gasteiger partial charge in [0.15, 0.2) is 11.6 Å². The van der Waals surface area contributed by atoms with Crippen LogP contribution in [0.2, 0.25) is 0 Å². The van der Waals surface area contributed by atoms with E-state index in [2.05, 4.69) is 20.7 Å². The summed E-state index contributed by atoms with van der Waals surface area (Å²) in [5, 5.41) is 0. The second-order valence-corrected chi connectivity index (χ2v) is 5.08. The molecule has 0 aromatic heterocycles. The third kappa shape index (κ3) is 4.14. The molecule has 6 heteroatoms. The minimum atomic E-state index is -0.629. The molecule has 0 atom stereocenters. The highest BCUT2D eigenvalue weighted by molar-refractivity contribution is 9.10.